The Morgan fingerprint density at radius 1 is 1.31 bits per heavy atom. The molecule has 2 aromatic rings. The second-order valence-electron chi connectivity index (χ2n) is 8.85. The number of allylic oxidation sites excluding steroid dienone is 6. The lowest BCUT2D eigenvalue weighted by Gasteiger charge is -2.26. The number of hydrogen-bond donors (Lipinski definition) is 1. The van der Waals surface area contributed by atoms with E-state index in [9.17, 15) is 0 Å². The van der Waals surface area contributed by atoms with Gasteiger partial charge in [-0.2, -0.15) is 9.61 Å². The summed E-state index contributed by atoms with van der Waals surface area (Å²) in [6, 6.07) is 0. The molecule has 0 radical (unpaired) electrons. The fourth-order valence-electron chi connectivity index (χ4n) is 4.09. The molecule has 0 aliphatic carbocycles. The monoisotopic (exact) mass is 480 g/mol. The lowest BCUT2D eigenvalue weighted by Crippen LogP contribution is -2.36. The predicted molar refractivity (Wildman–Crippen MR) is 141 cm³/mol. The van der Waals surface area contributed by atoms with Gasteiger partial charge in [0, 0.05) is 19.3 Å². The quantitative estimate of drug-likeness (QED) is 0.432. The van der Waals surface area contributed by atoms with Gasteiger partial charge in [-0.15, -0.1) is 10.2 Å². The van der Waals surface area contributed by atoms with E-state index in [2.05, 4.69) is 38.7 Å². The van der Waals surface area contributed by atoms with E-state index in [0.717, 1.165) is 41.1 Å². The molecule has 35 heavy (non-hydrogen) atoms. The van der Waals surface area contributed by atoms with Crippen molar-refractivity contribution in [2.75, 3.05) is 31.6 Å². The van der Waals surface area contributed by atoms with E-state index in [1.165, 1.54) is 0 Å². The van der Waals surface area contributed by atoms with Gasteiger partial charge in [0.2, 0.25) is 5.65 Å². The molecule has 188 valence electrons. The third-order valence-corrected chi connectivity index (χ3v) is 6.43. The van der Waals surface area contributed by atoms with Crippen LogP contribution in [0.1, 0.15) is 52.8 Å². The first-order valence-electron chi connectivity index (χ1n) is 12.2. The third kappa shape index (κ3) is 5.63. The number of nitrogens with zero attached hydrogens (tertiary/aromatic N) is 5. The fraction of sp³-hybridized carbons (Fsp3) is 0.444. The number of aromatic nitrogens is 4. The molecule has 0 fully saturated rings. The highest BCUT2D eigenvalue weighted by Crippen LogP contribution is 2.33. The summed E-state index contributed by atoms with van der Waals surface area (Å²) in [5, 5.41) is 16.5. The number of anilines is 1. The van der Waals surface area contributed by atoms with Crippen molar-refractivity contribution in [3.05, 3.63) is 66.3 Å². The van der Waals surface area contributed by atoms with Crippen molar-refractivity contribution in [2.24, 2.45) is 0 Å². The lowest BCUT2D eigenvalue weighted by atomic mass is 9.96. The number of nitrogens with one attached hydrogen (secondary N) is 1. The summed E-state index contributed by atoms with van der Waals surface area (Å²) in [7, 11) is 2.00. The van der Waals surface area contributed by atoms with Crippen LogP contribution in [0, 0.1) is 0 Å². The van der Waals surface area contributed by atoms with Crippen LogP contribution >= 0.6 is 0 Å². The molecule has 0 amide bonds. The Kier molecular flexibility index (Phi) is 8.48. The minimum atomic E-state index is -1.24. The molecule has 0 aromatic carbocycles. The van der Waals surface area contributed by atoms with Crippen LogP contribution < -0.4 is 15.0 Å². The molecule has 0 saturated heterocycles. The zero-order valence-electron chi connectivity index (χ0n) is 21.6. The minimum absolute atomic E-state index is 0.244. The van der Waals surface area contributed by atoms with Crippen LogP contribution in [0.25, 0.3) is 11.2 Å². The van der Waals surface area contributed by atoms with Gasteiger partial charge < -0.3 is 15.0 Å². The van der Waals surface area contributed by atoms with Crippen LogP contribution in [-0.4, -0.2) is 52.2 Å². The molecular formula is C27H37FN6O. The molecule has 0 bridgehead atoms. The first-order valence-corrected chi connectivity index (χ1v) is 12.2. The Hall–Kier alpha value is -3.42. The van der Waals surface area contributed by atoms with E-state index < -0.39 is 5.67 Å². The molecule has 0 spiro atoms. The molecule has 7 nitrogen and oxygen atoms in total. The van der Waals surface area contributed by atoms with Crippen molar-refractivity contribution in [3.8, 4) is 5.75 Å². The summed E-state index contributed by atoms with van der Waals surface area (Å²) < 4.78 is 22.6. The van der Waals surface area contributed by atoms with Gasteiger partial charge in [-0.3, -0.25) is 0 Å². The largest absolute Gasteiger partial charge is 0.486 e. The number of alkyl halides is 1. The first kappa shape index (κ1) is 26.2. The second kappa shape index (κ2) is 11.3. The number of likely N-dealkylation sites (N-methyl/N-ethyl adjacent to an activating group) is 1. The Balaban J connectivity index is 1.83. The van der Waals surface area contributed by atoms with Crippen LogP contribution in [0.5, 0.6) is 5.75 Å². The molecule has 1 atom stereocenters. The number of halogens is 1. The second-order valence-corrected chi connectivity index (χ2v) is 8.85. The van der Waals surface area contributed by atoms with Gasteiger partial charge in [-0.05, 0) is 43.4 Å². The molecule has 0 saturated carbocycles. The topological polar surface area (TPSA) is 67.6 Å². The molecule has 3 heterocycles. The maximum absolute atomic E-state index is 15.0. The number of ether oxygens (including phenoxy) is 1. The van der Waals surface area contributed by atoms with E-state index in [4.69, 9.17) is 4.74 Å². The summed E-state index contributed by atoms with van der Waals surface area (Å²) in [4.78, 5) is 2.09. The number of rotatable bonds is 11. The fourth-order valence-corrected chi connectivity index (χ4v) is 4.09. The summed E-state index contributed by atoms with van der Waals surface area (Å²) in [6.07, 6.45) is 11.1. The maximum atomic E-state index is 15.0. The van der Waals surface area contributed by atoms with Crippen LogP contribution in [0.2, 0.25) is 0 Å². The van der Waals surface area contributed by atoms with Crippen molar-refractivity contribution in [1.82, 2.24) is 25.1 Å². The first-order chi connectivity index (χ1) is 16.8. The zero-order chi connectivity index (χ0) is 25.6. The van der Waals surface area contributed by atoms with Crippen LogP contribution in [0.3, 0.4) is 0 Å². The van der Waals surface area contributed by atoms with Crippen LogP contribution in [0.15, 0.2) is 60.5 Å². The molecule has 8 heteroatoms. The third-order valence-electron chi connectivity index (χ3n) is 6.43. The molecule has 1 aliphatic rings. The van der Waals surface area contributed by atoms with Gasteiger partial charge in [0.05, 0.1) is 12.7 Å². The van der Waals surface area contributed by atoms with Gasteiger partial charge in [-0.25, -0.2) is 4.39 Å². The van der Waals surface area contributed by atoms with E-state index in [1.54, 1.807) is 16.8 Å². The molecule has 1 unspecified atom stereocenters. The molecule has 3 rings (SSSR count). The van der Waals surface area contributed by atoms with Gasteiger partial charge in [0.1, 0.15) is 18.0 Å². The standard InChI is InChI=1S/C27H37FN6O/c1-8-14-27(28,11-4)18-29-22(10-3)20(6)21(9-2)13-12-19(5)25-31-32-26-24-23(17-30-34(25)26)33(7)15-16-35-24/h9-10,12-13,17,29H,2,6,8,11,14-16,18H2,1,3-5,7H3/b19-12+,21-13-,22-10+. The normalized spacial score (nSPS) is 16.5. The Bertz CT molecular complexity index is 1180. The molecular weight excluding hydrogens is 443 g/mol. The average Bonchev–Trinajstić information content (AvgIpc) is 3.30. The molecule has 1 aliphatic heterocycles. The van der Waals surface area contributed by atoms with Crippen molar-refractivity contribution >= 4 is 16.9 Å². The van der Waals surface area contributed by atoms with Crippen molar-refractivity contribution in [3.63, 3.8) is 0 Å². The van der Waals surface area contributed by atoms with Gasteiger partial charge in [0.15, 0.2) is 11.6 Å². The summed E-state index contributed by atoms with van der Waals surface area (Å²) in [5.41, 5.74) is 3.48. The van der Waals surface area contributed by atoms with Gasteiger partial charge in [0.25, 0.3) is 0 Å². The van der Waals surface area contributed by atoms with Gasteiger partial charge >= 0.3 is 0 Å². The average molecular weight is 481 g/mol. The summed E-state index contributed by atoms with van der Waals surface area (Å²) in [5.74, 6) is 1.32. The highest BCUT2D eigenvalue weighted by Gasteiger charge is 2.26. The zero-order valence-corrected chi connectivity index (χ0v) is 21.6. The number of hydrogen-bond acceptors (Lipinski definition) is 6. The maximum Gasteiger partial charge on any atom is 0.222 e. The predicted octanol–water partition coefficient (Wildman–Crippen LogP) is 5.44. The van der Waals surface area contributed by atoms with Crippen molar-refractivity contribution < 1.29 is 9.13 Å². The van der Waals surface area contributed by atoms with Gasteiger partial charge in [-0.1, -0.05) is 57.7 Å². The summed E-state index contributed by atoms with van der Waals surface area (Å²) >= 11 is 0. The Labute approximate surface area is 207 Å². The highest BCUT2D eigenvalue weighted by molar-refractivity contribution is 5.72. The van der Waals surface area contributed by atoms with Crippen LogP contribution in [-0.2, 0) is 0 Å². The van der Waals surface area contributed by atoms with E-state index in [1.807, 2.05) is 53.0 Å². The highest BCUT2D eigenvalue weighted by atomic mass is 19.1. The lowest BCUT2D eigenvalue weighted by molar-refractivity contribution is 0.143. The van der Waals surface area contributed by atoms with E-state index in [-0.39, 0.29) is 6.54 Å². The number of fused-ring (bicyclic) bond motifs is 3. The van der Waals surface area contributed by atoms with Crippen molar-refractivity contribution in [2.45, 2.75) is 52.6 Å². The Morgan fingerprint density at radius 3 is 2.74 bits per heavy atom. The summed E-state index contributed by atoms with van der Waals surface area (Å²) in [6.45, 7) is 17.6. The minimum Gasteiger partial charge on any atom is -0.486 e. The van der Waals surface area contributed by atoms with Crippen molar-refractivity contribution in [1.29, 1.82) is 0 Å². The SMILES string of the molecule is C=C/C(=C/C=C(\C)c1nnc2c3c(cnn12)N(C)CCO3)C(=C)/C(=C\C)NCC(F)(CC)CCC. The smallest absolute Gasteiger partial charge is 0.222 e. The molecule has 2 aromatic heterocycles. The van der Waals surface area contributed by atoms with Crippen LogP contribution in [0.4, 0.5) is 10.1 Å². The Morgan fingerprint density at radius 2 is 2.09 bits per heavy atom. The van der Waals surface area contributed by atoms with E-state index in [0.29, 0.717) is 36.7 Å². The molecule has 1 N–H and O–H groups in total. The van der Waals surface area contributed by atoms with E-state index >= 15 is 4.39 Å².